The van der Waals surface area contributed by atoms with Crippen molar-refractivity contribution in [1.82, 2.24) is 5.32 Å². The van der Waals surface area contributed by atoms with Gasteiger partial charge in [0, 0.05) is 0 Å². The van der Waals surface area contributed by atoms with E-state index in [9.17, 15) is 18.0 Å². The molecule has 1 atom stereocenters. The van der Waals surface area contributed by atoms with Crippen molar-refractivity contribution in [3.05, 3.63) is 29.8 Å². The summed E-state index contributed by atoms with van der Waals surface area (Å²) < 4.78 is 40.8. The van der Waals surface area contributed by atoms with Crippen LogP contribution in [-0.2, 0) is 9.53 Å². The number of benzene rings is 1. The molecule has 0 saturated carbocycles. The van der Waals surface area contributed by atoms with Crippen LogP contribution in [-0.4, -0.2) is 30.9 Å². The Kier molecular flexibility index (Phi) is 4.55. The fourth-order valence-electron chi connectivity index (χ4n) is 1.34. The molecule has 0 heterocycles. The van der Waals surface area contributed by atoms with Gasteiger partial charge in [-0.3, -0.25) is 5.32 Å². The summed E-state index contributed by atoms with van der Waals surface area (Å²) >= 11 is 0. The van der Waals surface area contributed by atoms with Gasteiger partial charge in [-0.2, -0.15) is 13.2 Å². The van der Waals surface area contributed by atoms with Crippen LogP contribution >= 0.6 is 0 Å². The average molecular weight is 263 g/mol. The van der Waals surface area contributed by atoms with E-state index in [1.54, 1.807) is 0 Å². The largest absolute Gasteiger partial charge is 0.508 e. The van der Waals surface area contributed by atoms with Crippen LogP contribution in [0.15, 0.2) is 24.3 Å². The molecule has 0 spiro atoms. The van der Waals surface area contributed by atoms with E-state index in [1.807, 2.05) is 0 Å². The molecule has 0 fully saturated rings. The molecule has 2 N–H and O–H groups in total. The maximum absolute atomic E-state index is 12.1. The van der Waals surface area contributed by atoms with E-state index in [-0.39, 0.29) is 11.3 Å². The van der Waals surface area contributed by atoms with Gasteiger partial charge in [-0.25, -0.2) is 4.79 Å². The molecule has 1 rings (SSSR count). The first kappa shape index (κ1) is 14.3. The lowest BCUT2D eigenvalue weighted by Gasteiger charge is -2.18. The topological polar surface area (TPSA) is 58.6 Å². The van der Waals surface area contributed by atoms with Gasteiger partial charge >= 0.3 is 12.1 Å². The second-order valence-electron chi connectivity index (χ2n) is 3.54. The third-order valence-corrected chi connectivity index (χ3v) is 2.17. The first-order chi connectivity index (χ1) is 8.33. The zero-order valence-corrected chi connectivity index (χ0v) is 9.49. The number of nitrogens with one attached hydrogen (secondary N) is 1. The van der Waals surface area contributed by atoms with Crippen molar-refractivity contribution < 1.29 is 27.8 Å². The zero-order valence-electron chi connectivity index (χ0n) is 9.49. The zero-order chi connectivity index (χ0) is 13.8. The van der Waals surface area contributed by atoms with E-state index < -0.39 is 24.7 Å². The van der Waals surface area contributed by atoms with Crippen LogP contribution in [0.3, 0.4) is 0 Å². The number of aromatic hydroxyl groups is 1. The van der Waals surface area contributed by atoms with Crippen molar-refractivity contribution in [1.29, 1.82) is 0 Å². The molecule has 1 aromatic rings. The highest BCUT2D eigenvalue weighted by molar-refractivity contribution is 5.77. The van der Waals surface area contributed by atoms with Crippen LogP contribution in [0.1, 0.15) is 11.6 Å². The van der Waals surface area contributed by atoms with Crippen LogP contribution in [0.2, 0.25) is 0 Å². The molecule has 18 heavy (non-hydrogen) atoms. The second kappa shape index (κ2) is 5.72. The van der Waals surface area contributed by atoms with Crippen molar-refractivity contribution in [3.8, 4) is 5.75 Å². The summed E-state index contributed by atoms with van der Waals surface area (Å²) in [4.78, 5) is 11.4. The Hall–Kier alpha value is -1.76. The van der Waals surface area contributed by atoms with Crippen LogP contribution in [0.5, 0.6) is 5.75 Å². The van der Waals surface area contributed by atoms with Gasteiger partial charge in [0.2, 0.25) is 0 Å². The number of esters is 1. The van der Waals surface area contributed by atoms with E-state index in [2.05, 4.69) is 10.1 Å². The first-order valence-corrected chi connectivity index (χ1v) is 5.00. The van der Waals surface area contributed by atoms with E-state index >= 15 is 0 Å². The Morgan fingerprint density at radius 2 is 1.94 bits per heavy atom. The Labute approximate surface area is 101 Å². The normalized spacial score (nSPS) is 13.1. The lowest BCUT2D eigenvalue weighted by Crippen LogP contribution is -2.36. The van der Waals surface area contributed by atoms with E-state index in [0.717, 1.165) is 7.11 Å². The summed E-state index contributed by atoms with van der Waals surface area (Å²) in [5, 5.41) is 11.1. The number of rotatable bonds is 4. The van der Waals surface area contributed by atoms with Crippen LogP contribution < -0.4 is 5.32 Å². The fraction of sp³-hybridized carbons (Fsp3) is 0.364. The van der Waals surface area contributed by atoms with Crippen LogP contribution in [0, 0.1) is 0 Å². The number of hydrogen-bond donors (Lipinski definition) is 2. The maximum Gasteiger partial charge on any atom is 0.401 e. The van der Waals surface area contributed by atoms with Crippen molar-refractivity contribution >= 4 is 5.97 Å². The van der Waals surface area contributed by atoms with Gasteiger partial charge in [-0.1, -0.05) is 12.1 Å². The predicted molar refractivity (Wildman–Crippen MR) is 56.9 cm³/mol. The van der Waals surface area contributed by atoms with E-state index in [0.29, 0.717) is 0 Å². The Balaban J connectivity index is 2.85. The summed E-state index contributed by atoms with van der Waals surface area (Å²) in [6.45, 7) is -1.31. The molecule has 0 aliphatic heterocycles. The van der Waals surface area contributed by atoms with Crippen molar-refractivity contribution in [2.45, 2.75) is 12.2 Å². The Bertz CT molecular complexity index is 403. The minimum Gasteiger partial charge on any atom is -0.508 e. The number of carbonyl (C=O) groups excluding carboxylic acids is 1. The molecule has 0 amide bonds. The lowest BCUT2D eigenvalue weighted by molar-refractivity contribution is -0.146. The summed E-state index contributed by atoms with van der Waals surface area (Å²) in [6, 6.07) is 4.03. The van der Waals surface area contributed by atoms with Gasteiger partial charge < -0.3 is 9.84 Å². The summed E-state index contributed by atoms with van der Waals surface area (Å²) in [6.07, 6.45) is -4.43. The number of ether oxygens (including phenoxy) is 1. The molecule has 0 aliphatic rings. The van der Waals surface area contributed by atoms with Gasteiger partial charge in [0.15, 0.2) is 0 Å². The minimum atomic E-state index is -4.43. The molecule has 0 saturated heterocycles. The average Bonchev–Trinajstić information content (AvgIpc) is 2.29. The molecule has 0 bridgehead atoms. The highest BCUT2D eigenvalue weighted by atomic mass is 19.4. The Morgan fingerprint density at radius 1 is 1.39 bits per heavy atom. The van der Waals surface area contributed by atoms with Gasteiger partial charge in [-0.05, 0) is 17.7 Å². The summed E-state index contributed by atoms with van der Waals surface area (Å²) in [7, 11) is 1.09. The van der Waals surface area contributed by atoms with Crippen molar-refractivity contribution in [2.75, 3.05) is 13.7 Å². The van der Waals surface area contributed by atoms with Gasteiger partial charge in [-0.15, -0.1) is 0 Å². The quantitative estimate of drug-likeness (QED) is 0.813. The molecule has 7 heteroatoms. The highest BCUT2D eigenvalue weighted by Gasteiger charge is 2.31. The number of hydrogen-bond acceptors (Lipinski definition) is 4. The molecule has 1 unspecified atom stereocenters. The SMILES string of the molecule is COC(=O)C(NCC(F)(F)F)c1ccc(O)cc1. The number of alkyl halides is 3. The van der Waals surface area contributed by atoms with Crippen LogP contribution in [0.25, 0.3) is 0 Å². The predicted octanol–water partition coefficient (Wildman–Crippen LogP) is 1.76. The summed E-state index contributed by atoms with van der Waals surface area (Å²) in [5.74, 6) is -0.872. The highest BCUT2D eigenvalue weighted by Crippen LogP contribution is 2.20. The van der Waals surface area contributed by atoms with E-state index in [1.165, 1.54) is 24.3 Å². The monoisotopic (exact) mass is 263 g/mol. The minimum absolute atomic E-state index is 0.0433. The maximum atomic E-state index is 12.1. The number of methoxy groups -OCH3 is 1. The third-order valence-electron chi connectivity index (χ3n) is 2.17. The fourth-order valence-corrected chi connectivity index (χ4v) is 1.34. The van der Waals surface area contributed by atoms with E-state index in [4.69, 9.17) is 5.11 Å². The molecular formula is C11H12F3NO3. The smallest absolute Gasteiger partial charge is 0.401 e. The number of carbonyl (C=O) groups is 1. The van der Waals surface area contributed by atoms with Gasteiger partial charge in [0.1, 0.15) is 11.8 Å². The Morgan fingerprint density at radius 3 is 2.39 bits per heavy atom. The molecular weight excluding hydrogens is 251 g/mol. The number of phenolic OH excluding ortho intramolecular Hbond substituents is 1. The molecule has 1 aromatic carbocycles. The molecule has 0 aromatic heterocycles. The number of halogens is 3. The van der Waals surface area contributed by atoms with Gasteiger partial charge in [0.25, 0.3) is 0 Å². The molecule has 0 radical (unpaired) electrons. The third kappa shape index (κ3) is 4.25. The van der Waals surface area contributed by atoms with Crippen LogP contribution in [0.4, 0.5) is 13.2 Å². The summed E-state index contributed by atoms with van der Waals surface area (Å²) in [5.41, 5.74) is 0.281. The first-order valence-electron chi connectivity index (χ1n) is 5.00. The molecule has 0 aliphatic carbocycles. The van der Waals surface area contributed by atoms with Crippen molar-refractivity contribution in [2.24, 2.45) is 0 Å². The van der Waals surface area contributed by atoms with Crippen molar-refractivity contribution in [3.63, 3.8) is 0 Å². The molecule has 100 valence electrons. The lowest BCUT2D eigenvalue weighted by atomic mass is 10.1. The second-order valence-corrected chi connectivity index (χ2v) is 3.54. The number of phenols is 1. The standard InChI is InChI=1S/C11H12F3NO3/c1-18-10(17)9(15-6-11(12,13)14)7-2-4-8(16)5-3-7/h2-5,9,15-16H,6H2,1H3. The van der Waals surface area contributed by atoms with Gasteiger partial charge in [0.05, 0.1) is 13.7 Å². The molecule has 4 nitrogen and oxygen atoms in total.